The SMILES string of the molecule is O[C@@H]1[C@@H](Nc2ccnc(C(F)(F)F)n2)COC(C2CCC(C3CCC(CC4CCCC4)C3)CC2)[C@@H]1O. The van der Waals surface area contributed by atoms with Gasteiger partial charge in [-0.05, 0) is 80.6 Å². The summed E-state index contributed by atoms with van der Waals surface area (Å²) >= 11 is 0. The molecule has 3 aliphatic carbocycles. The molecule has 0 spiro atoms. The molecule has 3 N–H and O–H groups in total. The summed E-state index contributed by atoms with van der Waals surface area (Å²) in [6, 6.07) is 0.558. The monoisotopic (exact) mass is 511 g/mol. The number of aliphatic hydroxyl groups is 2. The van der Waals surface area contributed by atoms with E-state index in [-0.39, 0.29) is 18.3 Å². The van der Waals surface area contributed by atoms with Gasteiger partial charge in [-0.2, -0.15) is 13.2 Å². The molecule has 6 atom stereocenters. The number of alkyl halides is 3. The summed E-state index contributed by atoms with van der Waals surface area (Å²) in [4.78, 5) is 6.74. The third kappa shape index (κ3) is 5.99. The van der Waals surface area contributed by atoms with Gasteiger partial charge in [0, 0.05) is 6.20 Å². The van der Waals surface area contributed by atoms with Crippen molar-refractivity contribution in [3.05, 3.63) is 18.1 Å². The van der Waals surface area contributed by atoms with E-state index in [1.807, 2.05) is 0 Å². The largest absolute Gasteiger partial charge is 0.451 e. The van der Waals surface area contributed by atoms with Gasteiger partial charge in [-0.15, -0.1) is 0 Å². The second-order valence-electron chi connectivity index (χ2n) is 11.8. The van der Waals surface area contributed by atoms with Crippen molar-refractivity contribution >= 4 is 5.82 Å². The summed E-state index contributed by atoms with van der Waals surface area (Å²) in [5, 5.41) is 24.4. The third-order valence-electron chi connectivity index (χ3n) is 9.48. The van der Waals surface area contributed by atoms with Crippen LogP contribution in [-0.4, -0.2) is 51.1 Å². The average Bonchev–Trinajstić information content (AvgIpc) is 3.55. The number of nitrogens with one attached hydrogen (secondary N) is 1. The molecule has 1 saturated heterocycles. The first-order valence-corrected chi connectivity index (χ1v) is 13.9. The summed E-state index contributed by atoms with van der Waals surface area (Å²) in [5.74, 6) is 2.37. The van der Waals surface area contributed by atoms with Crippen LogP contribution in [0.5, 0.6) is 0 Å². The molecule has 3 unspecified atom stereocenters. The number of anilines is 1. The van der Waals surface area contributed by atoms with Crippen LogP contribution in [0, 0.1) is 29.6 Å². The molecule has 2 heterocycles. The third-order valence-corrected chi connectivity index (χ3v) is 9.48. The molecule has 6 nitrogen and oxygen atoms in total. The molecular formula is C27H40F3N3O3. The van der Waals surface area contributed by atoms with Crippen molar-refractivity contribution in [1.82, 2.24) is 9.97 Å². The number of hydrogen-bond donors (Lipinski definition) is 3. The quantitative estimate of drug-likeness (QED) is 0.487. The highest BCUT2D eigenvalue weighted by Crippen LogP contribution is 2.47. The minimum Gasteiger partial charge on any atom is -0.388 e. The Labute approximate surface area is 211 Å². The van der Waals surface area contributed by atoms with Gasteiger partial charge in [-0.1, -0.05) is 32.1 Å². The molecule has 1 aliphatic heterocycles. The Morgan fingerprint density at radius 1 is 0.889 bits per heavy atom. The van der Waals surface area contributed by atoms with Crippen molar-refractivity contribution in [2.45, 2.75) is 108 Å². The summed E-state index contributed by atoms with van der Waals surface area (Å²) < 4.78 is 44.7. The highest BCUT2D eigenvalue weighted by atomic mass is 19.4. The van der Waals surface area contributed by atoms with Crippen molar-refractivity contribution in [1.29, 1.82) is 0 Å². The van der Waals surface area contributed by atoms with E-state index in [1.54, 1.807) is 0 Å². The topological polar surface area (TPSA) is 87.5 Å². The maximum Gasteiger partial charge on any atom is 0.451 e. The first kappa shape index (κ1) is 26.2. The fraction of sp³-hybridized carbons (Fsp3) is 0.852. The number of ether oxygens (including phenoxy) is 1. The molecule has 3 saturated carbocycles. The number of aromatic nitrogens is 2. The summed E-state index contributed by atoms with van der Waals surface area (Å²) in [6.07, 6.45) is 9.24. The van der Waals surface area contributed by atoms with Gasteiger partial charge in [-0.3, -0.25) is 0 Å². The van der Waals surface area contributed by atoms with Crippen molar-refractivity contribution in [2.24, 2.45) is 29.6 Å². The zero-order valence-electron chi connectivity index (χ0n) is 20.9. The number of halogens is 3. The molecule has 0 bridgehead atoms. The number of rotatable bonds is 6. The highest BCUT2D eigenvalue weighted by molar-refractivity contribution is 5.35. The van der Waals surface area contributed by atoms with Crippen LogP contribution >= 0.6 is 0 Å². The summed E-state index contributed by atoms with van der Waals surface area (Å²) in [5.41, 5.74) is 0. The smallest absolute Gasteiger partial charge is 0.388 e. The molecule has 0 amide bonds. The Morgan fingerprint density at radius 3 is 2.31 bits per heavy atom. The van der Waals surface area contributed by atoms with E-state index < -0.39 is 36.4 Å². The lowest BCUT2D eigenvalue weighted by atomic mass is 9.72. The first-order valence-electron chi connectivity index (χ1n) is 13.9. The molecule has 1 aromatic heterocycles. The van der Waals surface area contributed by atoms with Gasteiger partial charge >= 0.3 is 6.18 Å². The van der Waals surface area contributed by atoms with Gasteiger partial charge in [0.1, 0.15) is 18.0 Å². The molecule has 202 valence electrons. The zero-order valence-corrected chi connectivity index (χ0v) is 20.9. The van der Waals surface area contributed by atoms with Crippen LogP contribution in [0.2, 0.25) is 0 Å². The number of aliphatic hydroxyl groups excluding tert-OH is 2. The maximum atomic E-state index is 12.9. The van der Waals surface area contributed by atoms with Crippen molar-refractivity contribution < 1.29 is 28.1 Å². The second kappa shape index (κ2) is 11.1. The molecule has 0 radical (unpaired) electrons. The Morgan fingerprint density at radius 2 is 1.58 bits per heavy atom. The van der Waals surface area contributed by atoms with Crippen LogP contribution in [0.25, 0.3) is 0 Å². The fourth-order valence-corrected chi connectivity index (χ4v) is 7.57. The average molecular weight is 512 g/mol. The molecule has 5 rings (SSSR count). The van der Waals surface area contributed by atoms with Crippen LogP contribution < -0.4 is 5.32 Å². The highest BCUT2D eigenvalue weighted by Gasteiger charge is 2.44. The predicted molar refractivity (Wildman–Crippen MR) is 129 cm³/mol. The summed E-state index contributed by atoms with van der Waals surface area (Å²) in [7, 11) is 0. The van der Waals surface area contributed by atoms with Gasteiger partial charge in [-0.25, -0.2) is 9.97 Å². The van der Waals surface area contributed by atoms with Crippen LogP contribution in [0.4, 0.5) is 19.0 Å². The molecule has 4 fully saturated rings. The molecule has 4 aliphatic rings. The van der Waals surface area contributed by atoms with Gasteiger partial charge in [0.15, 0.2) is 0 Å². The van der Waals surface area contributed by atoms with Crippen molar-refractivity contribution in [3.8, 4) is 0 Å². The van der Waals surface area contributed by atoms with Crippen LogP contribution in [-0.2, 0) is 10.9 Å². The minimum absolute atomic E-state index is 0.0565. The van der Waals surface area contributed by atoms with E-state index in [0.717, 1.165) is 55.6 Å². The lowest BCUT2D eigenvalue weighted by Gasteiger charge is -2.44. The molecule has 1 aromatic rings. The fourth-order valence-electron chi connectivity index (χ4n) is 7.57. The van der Waals surface area contributed by atoms with E-state index in [9.17, 15) is 23.4 Å². The second-order valence-corrected chi connectivity index (χ2v) is 11.8. The van der Waals surface area contributed by atoms with E-state index in [0.29, 0.717) is 0 Å². The molecule has 0 aromatic carbocycles. The zero-order chi connectivity index (χ0) is 25.3. The Kier molecular flexibility index (Phi) is 8.08. The standard InChI is InChI=1S/C27H40F3N3O3/c28-27(29,30)26-31-12-11-22(33-26)32-21-15-36-25(24(35)23(21)34)19-9-7-18(8-10-19)20-6-5-17(14-20)13-16-3-1-2-4-16/h11-12,16-21,23-25,34-35H,1-10,13-15H2,(H,31,32,33)/t17?,18?,19?,20?,21-,23+,24+,25?/m0/s1. The van der Waals surface area contributed by atoms with Gasteiger partial charge < -0.3 is 20.3 Å². The molecule has 36 heavy (non-hydrogen) atoms. The van der Waals surface area contributed by atoms with E-state index in [1.165, 1.54) is 57.4 Å². The first-order chi connectivity index (χ1) is 17.3. The lowest BCUT2D eigenvalue weighted by Crippen LogP contribution is -2.58. The Bertz CT molecular complexity index is 858. The molecular weight excluding hydrogens is 471 g/mol. The van der Waals surface area contributed by atoms with Crippen molar-refractivity contribution in [3.63, 3.8) is 0 Å². The van der Waals surface area contributed by atoms with E-state index in [2.05, 4.69) is 15.3 Å². The van der Waals surface area contributed by atoms with Crippen LogP contribution in [0.1, 0.15) is 82.9 Å². The van der Waals surface area contributed by atoms with Crippen molar-refractivity contribution in [2.75, 3.05) is 11.9 Å². The predicted octanol–water partition coefficient (Wildman–Crippen LogP) is 5.20. The summed E-state index contributed by atoms with van der Waals surface area (Å²) in [6.45, 7) is 0.0969. The van der Waals surface area contributed by atoms with Gasteiger partial charge in [0.2, 0.25) is 5.82 Å². The van der Waals surface area contributed by atoms with Gasteiger partial charge in [0.25, 0.3) is 0 Å². The van der Waals surface area contributed by atoms with Gasteiger partial charge in [0.05, 0.1) is 18.8 Å². The minimum atomic E-state index is -4.65. The van der Waals surface area contributed by atoms with E-state index >= 15 is 0 Å². The van der Waals surface area contributed by atoms with Crippen LogP contribution in [0.15, 0.2) is 12.3 Å². The lowest BCUT2D eigenvalue weighted by molar-refractivity contribution is -0.164. The normalized spacial score (nSPS) is 38.4. The Hall–Kier alpha value is -1.45. The number of hydrogen-bond acceptors (Lipinski definition) is 6. The maximum absolute atomic E-state index is 12.9. The van der Waals surface area contributed by atoms with Crippen LogP contribution in [0.3, 0.4) is 0 Å². The number of nitrogens with zero attached hydrogens (tertiary/aromatic N) is 2. The Balaban J connectivity index is 1.09. The molecule has 9 heteroatoms. The van der Waals surface area contributed by atoms with E-state index in [4.69, 9.17) is 4.74 Å².